The van der Waals surface area contributed by atoms with E-state index < -0.39 is 9.84 Å². The summed E-state index contributed by atoms with van der Waals surface area (Å²) in [5.41, 5.74) is 1.58. The van der Waals surface area contributed by atoms with Gasteiger partial charge in [0.1, 0.15) is 5.52 Å². The molecule has 0 aliphatic heterocycles. The van der Waals surface area contributed by atoms with Gasteiger partial charge in [-0.3, -0.25) is 0 Å². The van der Waals surface area contributed by atoms with Crippen molar-refractivity contribution in [1.82, 2.24) is 15.2 Å². The fourth-order valence-electron chi connectivity index (χ4n) is 1.88. The lowest BCUT2D eigenvalue weighted by molar-refractivity contribution is 0.584. The number of sulfone groups is 1. The molecule has 1 heterocycles. The number of hydrogen-bond donors (Lipinski definition) is 0. The third kappa shape index (κ3) is 3.01. The van der Waals surface area contributed by atoms with E-state index >= 15 is 0 Å². The van der Waals surface area contributed by atoms with Gasteiger partial charge in [-0.05, 0) is 23.8 Å². The third-order valence-electron chi connectivity index (χ3n) is 2.87. The Kier molecular flexibility index (Phi) is 3.57. The second-order valence-electron chi connectivity index (χ2n) is 4.47. The first-order chi connectivity index (χ1) is 10.0. The van der Waals surface area contributed by atoms with Crippen LogP contribution < -0.4 is 0 Å². The molecule has 0 radical (unpaired) electrons. The molecule has 0 saturated carbocycles. The summed E-state index contributed by atoms with van der Waals surface area (Å²) in [6.45, 7) is 0. The summed E-state index contributed by atoms with van der Waals surface area (Å²) in [5.74, 6) is -0.158. The Balaban J connectivity index is 2.01. The van der Waals surface area contributed by atoms with Gasteiger partial charge in [0, 0.05) is 5.02 Å². The molecule has 0 bridgehead atoms. The Bertz CT molecular complexity index is 898. The van der Waals surface area contributed by atoms with Gasteiger partial charge in [-0.25, -0.2) is 13.4 Å². The maximum Gasteiger partial charge on any atom is 0.268 e. The van der Waals surface area contributed by atoms with Crippen molar-refractivity contribution in [3.05, 3.63) is 59.1 Å². The lowest BCUT2D eigenvalue weighted by Crippen LogP contribution is -2.10. The van der Waals surface area contributed by atoms with Crippen LogP contribution in [0, 0.1) is 0 Å². The predicted molar refractivity (Wildman–Crippen MR) is 79.7 cm³/mol. The summed E-state index contributed by atoms with van der Waals surface area (Å²) in [5, 5.41) is 7.80. The van der Waals surface area contributed by atoms with Gasteiger partial charge in [-0.15, -0.1) is 10.2 Å². The summed E-state index contributed by atoms with van der Waals surface area (Å²) < 4.78 is 24.6. The molecule has 0 atom stereocenters. The molecule has 2 aromatic carbocycles. The zero-order valence-electron chi connectivity index (χ0n) is 10.8. The minimum atomic E-state index is -3.63. The van der Waals surface area contributed by atoms with Gasteiger partial charge in [0.05, 0.1) is 11.3 Å². The lowest BCUT2D eigenvalue weighted by atomic mass is 10.2. The van der Waals surface area contributed by atoms with Crippen LogP contribution in [0.1, 0.15) is 5.56 Å². The van der Waals surface area contributed by atoms with Crippen molar-refractivity contribution in [3.8, 4) is 0 Å². The van der Waals surface area contributed by atoms with Gasteiger partial charge in [-0.1, -0.05) is 41.9 Å². The van der Waals surface area contributed by atoms with E-state index in [1.54, 1.807) is 42.5 Å². The largest absolute Gasteiger partial charge is 0.268 e. The van der Waals surface area contributed by atoms with Crippen LogP contribution in [-0.4, -0.2) is 23.6 Å². The van der Waals surface area contributed by atoms with Crippen molar-refractivity contribution in [2.45, 2.75) is 10.9 Å². The quantitative estimate of drug-likeness (QED) is 0.742. The van der Waals surface area contributed by atoms with Crippen LogP contribution >= 0.6 is 11.6 Å². The van der Waals surface area contributed by atoms with E-state index in [1.165, 1.54) is 0 Å². The van der Waals surface area contributed by atoms with Gasteiger partial charge in [0.25, 0.3) is 5.16 Å². The van der Waals surface area contributed by atoms with E-state index in [0.29, 0.717) is 21.6 Å². The second kappa shape index (κ2) is 5.38. The average molecular weight is 320 g/mol. The fourth-order valence-corrected chi connectivity index (χ4v) is 3.21. The maximum atomic E-state index is 12.3. The Morgan fingerprint density at radius 2 is 1.71 bits per heavy atom. The molecule has 0 spiro atoms. The molecular formula is C14H10ClN3O2S. The molecule has 0 fully saturated rings. The topological polar surface area (TPSA) is 72.8 Å². The SMILES string of the molecule is O=S(=O)(Cc1ccccc1)c1nnc2cc(Cl)ccc2n1. The molecule has 0 aliphatic carbocycles. The zero-order valence-corrected chi connectivity index (χ0v) is 12.3. The molecule has 106 valence electrons. The number of nitrogens with zero attached hydrogens (tertiary/aromatic N) is 3. The van der Waals surface area contributed by atoms with Crippen LogP contribution in [-0.2, 0) is 15.6 Å². The van der Waals surface area contributed by atoms with Crippen molar-refractivity contribution >= 4 is 32.5 Å². The number of fused-ring (bicyclic) bond motifs is 1. The number of hydrogen-bond acceptors (Lipinski definition) is 5. The van der Waals surface area contributed by atoms with E-state index in [-0.39, 0.29) is 10.9 Å². The van der Waals surface area contributed by atoms with Crippen LogP contribution in [0.4, 0.5) is 0 Å². The molecule has 1 aromatic heterocycles. The monoisotopic (exact) mass is 319 g/mol. The molecule has 21 heavy (non-hydrogen) atoms. The van der Waals surface area contributed by atoms with E-state index in [0.717, 1.165) is 0 Å². The Labute approximate surface area is 126 Å². The van der Waals surface area contributed by atoms with E-state index in [2.05, 4.69) is 15.2 Å². The average Bonchev–Trinajstić information content (AvgIpc) is 2.47. The molecule has 0 saturated heterocycles. The minimum absolute atomic E-state index is 0.158. The van der Waals surface area contributed by atoms with Crippen LogP contribution in [0.15, 0.2) is 53.7 Å². The summed E-state index contributed by atoms with van der Waals surface area (Å²) >= 11 is 5.84. The van der Waals surface area contributed by atoms with Crippen molar-refractivity contribution < 1.29 is 8.42 Å². The normalized spacial score (nSPS) is 11.7. The summed E-state index contributed by atoms with van der Waals surface area (Å²) in [6.07, 6.45) is 0. The molecule has 0 N–H and O–H groups in total. The first-order valence-electron chi connectivity index (χ1n) is 6.11. The summed E-state index contributed by atoms with van der Waals surface area (Å²) in [7, 11) is -3.63. The Hall–Kier alpha value is -2.05. The number of rotatable bonds is 3. The number of benzene rings is 2. The van der Waals surface area contributed by atoms with Crippen molar-refractivity contribution in [3.63, 3.8) is 0 Å². The predicted octanol–water partition coefficient (Wildman–Crippen LogP) is 2.65. The van der Waals surface area contributed by atoms with Gasteiger partial charge < -0.3 is 0 Å². The van der Waals surface area contributed by atoms with Crippen molar-refractivity contribution in [2.75, 3.05) is 0 Å². The van der Waals surface area contributed by atoms with Gasteiger partial charge >= 0.3 is 0 Å². The Morgan fingerprint density at radius 3 is 2.48 bits per heavy atom. The smallest absolute Gasteiger partial charge is 0.220 e. The second-order valence-corrected chi connectivity index (χ2v) is 6.79. The van der Waals surface area contributed by atoms with Crippen LogP contribution in [0.3, 0.4) is 0 Å². The number of halogens is 1. The van der Waals surface area contributed by atoms with Gasteiger partial charge in [0.15, 0.2) is 0 Å². The molecule has 0 amide bonds. The van der Waals surface area contributed by atoms with Crippen LogP contribution in [0.2, 0.25) is 5.02 Å². The lowest BCUT2D eigenvalue weighted by Gasteiger charge is -2.03. The molecule has 3 aromatic rings. The minimum Gasteiger partial charge on any atom is -0.220 e. The van der Waals surface area contributed by atoms with Crippen molar-refractivity contribution in [2.24, 2.45) is 0 Å². The van der Waals surface area contributed by atoms with Crippen LogP contribution in [0.25, 0.3) is 11.0 Å². The molecule has 0 unspecified atom stereocenters. The van der Waals surface area contributed by atoms with E-state index in [1.807, 2.05) is 6.07 Å². The molecule has 3 rings (SSSR count). The highest BCUT2D eigenvalue weighted by Crippen LogP contribution is 2.18. The summed E-state index contributed by atoms with van der Waals surface area (Å²) in [6, 6.07) is 13.7. The van der Waals surface area contributed by atoms with Gasteiger partial charge in [-0.2, -0.15) is 0 Å². The Morgan fingerprint density at radius 1 is 0.952 bits per heavy atom. The van der Waals surface area contributed by atoms with E-state index in [9.17, 15) is 8.42 Å². The fraction of sp³-hybridized carbons (Fsp3) is 0.0714. The first kappa shape index (κ1) is 13.9. The van der Waals surface area contributed by atoms with E-state index in [4.69, 9.17) is 11.6 Å². The molecule has 0 aliphatic rings. The highest BCUT2D eigenvalue weighted by Gasteiger charge is 2.20. The first-order valence-corrected chi connectivity index (χ1v) is 8.14. The molecule has 5 nitrogen and oxygen atoms in total. The number of aromatic nitrogens is 3. The highest BCUT2D eigenvalue weighted by atomic mass is 35.5. The third-order valence-corrected chi connectivity index (χ3v) is 4.55. The van der Waals surface area contributed by atoms with Crippen LogP contribution in [0.5, 0.6) is 0 Å². The highest BCUT2D eigenvalue weighted by molar-refractivity contribution is 7.90. The molecule has 7 heteroatoms. The maximum absolute atomic E-state index is 12.3. The molecular weight excluding hydrogens is 310 g/mol. The van der Waals surface area contributed by atoms with Gasteiger partial charge in [0.2, 0.25) is 9.84 Å². The van der Waals surface area contributed by atoms with Crippen molar-refractivity contribution in [1.29, 1.82) is 0 Å². The summed E-state index contributed by atoms with van der Waals surface area (Å²) in [4.78, 5) is 4.06. The zero-order chi connectivity index (χ0) is 14.9. The standard InChI is InChI=1S/C14H10ClN3O2S/c15-11-6-7-12-13(8-11)17-18-14(16-12)21(19,20)9-10-4-2-1-3-5-10/h1-8H,9H2.